The van der Waals surface area contributed by atoms with Gasteiger partial charge in [-0.1, -0.05) is 243 Å². The highest BCUT2D eigenvalue weighted by Gasteiger charge is 2.51. The molecule has 0 amide bonds. The van der Waals surface area contributed by atoms with E-state index in [9.17, 15) is 0 Å². The number of benzene rings is 11. The van der Waals surface area contributed by atoms with Crippen LogP contribution < -0.4 is 25.5 Å². The monoisotopic (exact) mass is 987 g/mol. The van der Waals surface area contributed by atoms with E-state index in [0.717, 1.165) is 72.4 Å². The summed E-state index contributed by atoms with van der Waals surface area (Å²) in [6, 6.07) is 97.7. The number of furan rings is 1. The molecular weight excluding hydrogens is 943 g/mol. The van der Waals surface area contributed by atoms with Gasteiger partial charge in [0.15, 0.2) is 25.5 Å². The summed E-state index contributed by atoms with van der Waals surface area (Å²) in [4.78, 5) is 16.7. The number of hydrogen-bond donors (Lipinski definition) is 0. The van der Waals surface area contributed by atoms with Crippen molar-refractivity contribution in [1.29, 1.82) is 0 Å². The van der Waals surface area contributed by atoms with Crippen LogP contribution in [0.5, 0.6) is 11.5 Å². The fourth-order valence-corrected chi connectivity index (χ4v) is 17.4. The fourth-order valence-electron chi connectivity index (χ4n) is 12.6. The molecule has 0 N–H and O–H groups in total. The van der Waals surface area contributed by atoms with Gasteiger partial charge < -0.3 is 9.15 Å². The van der Waals surface area contributed by atoms with Crippen LogP contribution >= 0.6 is 0 Å². The molecule has 2 aromatic heterocycles. The van der Waals surface area contributed by atoms with Gasteiger partial charge in [0.05, 0.1) is 11.0 Å². The lowest BCUT2D eigenvalue weighted by molar-refractivity contribution is 0.437. The molecular formula is C70H45N3O2Si. The third-order valence-electron chi connectivity index (χ3n) is 15.8. The molecule has 76 heavy (non-hydrogen) atoms. The lowest BCUT2D eigenvalue weighted by atomic mass is 9.66. The molecule has 6 heteroatoms. The Morgan fingerprint density at radius 1 is 0.303 bits per heavy atom. The summed E-state index contributed by atoms with van der Waals surface area (Å²) >= 11 is 0. The summed E-state index contributed by atoms with van der Waals surface area (Å²) < 4.78 is 13.5. The maximum atomic E-state index is 7.24. The number of rotatable bonds is 8. The lowest BCUT2D eigenvalue weighted by Crippen LogP contribution is -2.74. The Balaban J connectivity index is 0.989. The van der Waals surface area contributed by atoms with Gasteiger partial charge in [-0.25, -0.2) is 15.0 Å². The van der Waals surface area contributed by atoms with Crippen LogP contribution in [0.2, 0.25) is 0 Å². The molecule has 3 heterocycles. The highest BCUT2D eigenvalue weighted by molar-refractivity contribution is 7.19. The predicted octanol–water partition coefficient (Wildman–Crippen LogP) is 14.3. The summed E-state index contributed by atoms with van der Waals surface area (Å²) in [7, 11) is -2.94. The third-order valence-corrected chi connectivity index (χ3v) is 20.6. The third kappa shape index (κ3) is 6.54. The van der Waals surface area contributed by atoms with Crippen molar-refractivity contribution in [2.45, 2.75) is 5.41 Å². The van der Waals surface area contributed by atoms with Gasteiger partial charge in [0.1, 0.15) is 22.7 Å². The Hall–Kier alpha value is -9.75. The molecule has 0 saturated heterocycles. The zero-order valence-electron chi connectivity index (χ0n) is 41.1. The van der Waals surface area contributed by atoms with Crippen molar-refractivity contribution >= 4 is 50.8 Å². The normalized spacial score (nSPS) is 12.9. The average molecular weight is 988 g/mol. The molecule has 356 valence electrons. The van der Waals surface area contributed by atoms with Crippen molar-refractivity contribution in [2.24, 2.45) is 0 Å². The number of para-hydroxylation sites is 3. The van der Waals surface area contributed by atoms with Crippen LogP contribution in [-0.4, -0.2) is 23.0 Å². The van der Waals surface area contributed by atoms with Crippen LogP contribution in [0.15, 0.2) is 277 Å². The van der Waals surface area contributed by atoms with Gasteiger partial charge in [0, 0.05) is 33.0 Å². The van der Waals surface area contributed by atoms with E-state index in [1.165, 1.54) is 43.0 Å². The Kier molecular flexibility index (Phi) is 10.1. The summed E-state index contributed by atoms with van der Waals surface area (Å²) in [5.74, 6) is 3.15. The number of aromatic nitrogens is 3. The minimum Gasteiger partial charge on any atom is -0.456 e. The summed E-state index contributed by atoms with van der Waals surface area (Å²) in [6.45, 7) is 0. The number of fused-ring (bicyclic) bond motifs is 12. The van der Waals surface area contributed by atoms with E-state index in [2.05, 4.69) is 261 Å². The Morgan fingerprint density at radius 3 is 1.47 bits per heavy atom. The first-order chi connectivity index (χ1) is 37.7. The van der Waals surface area contributed by atoms with E-state index < -0.39 is 13.5 Å². The largest absolute Gasteiger partial charge is 0.456 e. The van der Waals surface area contributed by atoms with Gasteiger partial charge in [0.2, 0.25) is 0 Å². The topological polar surface area (TPSA) is 61.0 Å². The molecule has 0 unspecified atom stereocenters. The van der Waals surface area contributed by atoms with Crippen LogP contribution in [0, 0.1) is 0 Å². The molecule has 0 bridgehead atoms. The van der Waals surface area contributed by atoms with E-state index in [1.54, 1.807) is 0 Å². The maximum Gasteiger partial charge on any atom is 0.179 e. The molecule has 2 aliphatic rings. The molecule has 0 atom stereocenters. The van der Waals surface area contributed by atoms with Crippen molar-refractivity contribution in [3.63, 3.8) is 0 Å². The van der Waals surface area contributed by atoms with Crippen LogP contribution in [0.25, 0.3) is 78.4 Å². The van der Waals surface area contributed by atoms with Gasteiger partial charge in [-0.2, -0.15) is 0 Å². The molecule has 1 aliphatic carbocycles. The summed E-state index contributed by atoms with van der Waals surface area (Å²) in [6.07, 6.45) is 0. The second kappa shape index (κ2) is 17.4. The van der Waals surface area contributed by atoms with Crippen molar-refractivity contribution < 1.29 is 9.15 Å². The molecule has 13 aromatic rings. The second-order valence-electron chi connectivity index (χ2n) is 19.7. The van der Waals surface area contributed by atoms with E-state index in [4.69, 9.17) is 24.1 Å². The lowest BCUT2D eigenvalue weighted by Gasteiger charge is -2.39. The quantitative estimate of drug-likeness (QED) is 0.112. The van der Waals surface area contributed by atoms with E-state index in [-0.39, 0.29) is 0 Å². The Bertz CT molecular complexity index is 4260. The van der Waals surface area contributed by atoms with Crippen LogP contribution in [0.1, 0.15) is 22.3 Å². The summed E-state index contributed by atoms with van der Waals surface area (Å²) in [5, 5.41) is 7.21. The second-order valence-corrected chi connectivity index (χ2v) is 23.5. The minimum absolute atomic E-state index is 0.514. The molecule has 0 radical (unpaired) electrons. The smallest absolute Gasteiger partial charge is 0.179 e. The van der Waals surface area contributed by atoms with E-state index in [0.29, 0.717) is 17.5 Å². The average Bonchev–Trinajstić information content (AvgIpc) is 4.18. The van der Waals surface area contributed by atoms with Crippen LogP contribution in [0.4, 0.5) is 0 Å². The minimum atomic E-state index is -2.94. The Labute approximate surface area is 441 Å². The standard InChI is InChI=1S/C70H45N3O2Si/c1-4-23-48(24-5-1)76(49-25-6-2-7-26-49,50-27-8-3-9-28-50)51-29-20-22-47(44-51)67-71-68(56-34-11-10-30-52(56)46-42-43-64-58(45-46)55-33-14-18-40-63(55)74-64)73-69(72-67)57-35-21-39-62-66(57)75-65-41-19-17-38-61(65)70(62)59-36-15-12-31-53(59)54-32-13-16-37-60(54)70/h1-45H. The molecule has 1 aliphatic heterocycles. The molecule has 5 nitrogen and oxygen atoms in total. The first kappa shape index (κ1) is 43.8. The SMILES string of the molecule is c1ccc([Si](c2ccccc2)(c2ccccc2)c2cccc(-c3nc(-c4ccccc4-c4ccc5oc6ccccc6c5c4)nc(-c4cccc5c4Oc4ccccc4C54c5ccccc5-c5ccccc54)n3)c2)cc1. The highest BCUT2D eigenvalue weighted by atomic mass is 28.3. The molecule has 1 spiro atoms. The van der Waals surface area contributed by atoms with Crippen molar-refractivity contribution in [3.8, 4) is 67.9 Å². The van der Waals surface area contributed by atoms with E-state index in [1.807, 2.05) is 12.1 Å². The van der Waals surface area contributed by atoms with Crippen molar-refractivity contribution in [1.82, 2.24) is 15.0 Å². The van der Waals surface area contributed by atoms with E-state index >= 15 is 0 Å². The van der Waals surface area contributed by atoms with Crippen LogP contribution in [0.3, 0.4) is 0 Å². The van der Waals surface area contributed by atoms with Crippen molar-refractivity contribution in [3.05, 3.63) is 295 Å². The van der Waals surface area contributed by atoms with Gasteiger partial charge in [-0.3, -0.25) is 0 Å². The van der Waals surface area contributed by atoms with Crippen molar-refractivity contribution in [2.75, 3.05) is 0 Å². The highest BCUT2D eigenvalue weighted by Crippen LogP contribution is 2.63. The first-order valence-electron chi connectivity index (χ1n) is 25.8. The predicted molar refractivity (Wildman–Crippen MR) is 310 cm³/mol. The first-order valence-corrected chi connectivity index (χ1v) is 27.8. The van der Waals surface area contributed by atoms with Gasteiger partial charge >= 0.3 is 0 Å². The zero-order valence-corrected chi connectivity index (χ0v) is 42.1. The zero-order chi connectivity index (χ0) is 50.2. The molecule has 0 saturated carbocycles. The number of hydrogen-bond acceptors (Lipinski definition) is 5. The molecule has 0 fully saturated rings. The number of ether oxygens (including phenoxy) is 1. The van der Waals surface area contributed by atoms with Gasteiger partial charge in [-0.15, -0.1) is 0 Å². The fraction of sp³-hybridized carbons (Fsp3) is 0.0143. The van der Waals surface area contributed by atoms with Crippen LogP contribution in [-0.2, 0) is 5.41 Å². The van der Waals surface area contributed by atoms with Gasteiger partial charge in [-0.05, 0) is 84.5 Å². The number of nitrogens with zero attached hydrogens (tertiary/aromatic N) is 3. The Morgan fingerprint density at radius 2 is 0.789 bits per heavy atom. The van der Waals surface area contributed by atoms with Gasteiger partial charge in [0.25, 0.3) is 0 Å². The summed E-state index contributed by atoms with van der Waals surface area (Å²) in [5.41, 5.74) is 12.6. The molecule has 15 rings (SSSR count). The molecule has 11 aromatic carbocycles. The maximum absolute atomic E-state index is 7.24.